The van der Waals surface area contributed by atoms with Gasteiger partial charge in [-0.15, -0.1) is 18.2 Å². The molecule has 0 aliphatic carbocycles. The standard InChI is InChI=1S/C7H11ClO2/c1-3-6(8)7(10-2)4-5-9/h3,5-7H,1,4H2,2H3/t6-,7-/m1/s1. The molecule has 10 heavy (non-hydrogen) atoms. The van der Waals surface area contributed by atoms with E-state index in [-0.39, 0.29) is 11.5 Å². The Bertz CT molecular complexity index is 114. The largest absolute Gasteiger partial charge is 0.379 e. The first-order valence-electron chi connectivity index (χ1n) is 2.99. The molecule has 0 aromatic rings. The molecule has 0 aromatic heterocycles. The lowest BCUT2D eigenvalue weighted by Gasteiger charge is -2.14. The zero-order valence-corrected chi connectivity index (χ0v) is 6.67. The summed E-state index contributed by atoms with van der Waals surface area (Å²) in [5.41, 5.74) is 0. The molecule has 0 amide bonds. The fraction of sp³-hybridized carbons (Fsp3) is 0.571. The Morgan fingerprint density at radius 3 is 2.70 bits per heavy atom. The molecule has 0 fully saturated rings. The van der Waals surface area contributed by atoms with Crippen molar-refractivity contribution in [2.75, 3.05) is 7.11 Å². The number of hydrogen-bond acceptors (Lipinski definition) is 2. The summed E-state index contributed by atoms with van der Waals surface area (Å²) in [5.74, 6) is 0. The van der Waals surface area contributed by atoms with Crippen LogP contribution in [0.1, 0.15) is 6.42 Å². The molecule has 58 valence electrons. The first-order valence-corrected chi connectivity index (χ1v) is 3.43. The molecule has 0 radical (unpaired) electrons. The molecular formula is C7H11ClO2. The summed E-state index contributed by atoms with van der Waals surface area (Å²) in [6, 6.07) is 0. The summed E-state index contributed by atoms with van der Waals surface area (Å²) in [5, 5.41) is -0.282. The van der Waals surface area contributed by atoms with Crippen molar-refractivity contribution >= 4 is 17.9 Å². The lowest BCUT2D eigenvalue weighted by Crippen LogP contribution is -2.21. The van der Waals surface area contributed by atoms with E-state index in [0.717, 1.165) is 6.29 Å². The van der Waals surface area contributed by atoms with Crippen molar-refractivity contribution in [1.82, 2.24) is 0 Å². The molecule has 0 aliphatic heterocycles. The molecule has 3 heteroatoms. The molecule has 0 saturated heterocycles. The van der Waals surface area contributed by atoms with Crippen molar-refractivity contribution in [3.05, 3.63) is 12.7 Å². The van der Waals surface area contributed by atoms with Gasteiger partial charge in [-0.1, -0.05) is 6.08 Å². The molecule has 0 heterocycles. The second-order valence-corrected chi connectivity index (χ2v) is 2.36. The first kappa shape index (κ1) is 9.66. The van der Waals surface area contributed by atoms with Crippen LogP contribution in [0, 0.1) is 0 Å². The van der Waals surface area contributed by atoms with E-state index in [9.17, 15) is 4.79 Å². The first-order chi connectivity index (χ1) is 4.76. The van der Waals surface area contributed by atoms with Crippen LogP contribution in [-0.4, -0.2) is 24.9 Å². The minimum absolute atomic E-state index is 0.239. The van der Waals surface area contributed by atoms with E-state index in [0.29, 0.717) is 6.42 Å². The molecule has 0 spiro atoms. The lowest BCUT2D eigenvalue weighted by molar-refractivity contribution is -0.109. The number of alkyl halides is 1. The van der Waals surface area contributed by atoms with E-state index < -0.39 is 0 Å². The van der Waals surface area contributed by atoms with Gasteiger partial charge < -0.3 is 9.53 Å². The highest BCUT2D eigenvalue weighted by molar-refractivity contribution is 6.22. The van der Waals surface area contributed by atoms with Gasteiger partial charge in [-0.05, 0) is 0 Å². The molecular weight excluding hydrogens is 152 g/mol. The van der Waals surface area contributed by atoms with Gasteiger partial charge in [0.1, 0.15) is 6.29 Å². The molecule has 2 nitrogen and oxygen atoms in total. The van der Waals surface area contributed by atoms with E-state index in [2.05, 4.69) is 6.58 Å². The second kappa shape index (κ2) is 5.45. The van der Waals surface area contributed by atoms with Gasteiger partial charge in [0.05, 0.1) is 11.5 Å². The van der Waals surface area contributed by atoms with Gasteiger partial charge >= 0.3 is 0 Å². The molecule has 0 N–H and O–H groups in total. The summed E-state index contributed by atoms with van der Waals surface area (Å²) in [6.45, 7) is 3.48. The fourth-order valence-corrected chi connectivity index (χ4v) is 0.809. The molecule has 2 atom stereocenters. The third kappa shape index (κ3) is 2.99. The van der Waals surface area contributed by atoms with Crippen molar-refractivity contribution in [3.8, 4) is 0 Å². The zero-order chi connectivity index (χ0) is 7.98. The zero-order valence-electron chi connectivity index (χ0n) is 5.92. The topological polar surface area (TPSA) is 26.3 Å². The predicted molar refractivity (Wildman–Crippen MR) is 41.3 cm³/mol. The number of rotatable bonds is 5. The highest BCUT2D eigenvalue weighted by Gasteiger charge is 2.13. The van der Waals surface area contributed by atoms with Crippen molar-refractivity contribution in [2.24, 2.45) is 0 Å². The number of methoxy groups -OCH3 is 1. The Balaban J connectivity index is 3.78. The van der Waals surface area contributed by atoms with Crippen LogP contribution in [0.3, 0.4) is 0 Å². The minimum atomic E-state index is -0.282. The summed E-state index contributed by atoms with van der Waals surface area (Å²) in [4.78, 5) is 10.0. The summed E-state index contributed by atoms with van der Waals surface area (Å²) >= 11 is 5.71. The quantitative estimate of drug-likeness (QED) is 0.347. The maximum atomic E-state index is 10.0. The van der Waals surface area contributed by atoms with E-state index >= 15 is 0 Å². The smallest absolute Gasteiger partial charge is 0.122 e. The van der Waals surface area contributed by atoms with Crippen molar-refractivity contribution < 1.29 is 9.53 Å². The highest BCUT2D eigenvalue weighted by atomic mass is 35.5. The van der Waals surface area contributed by atoms with E-state index in [4.69, 9.17) is 16.3 Å². The van der Waals surface area contributed by atoms with Gasteiger partial charge in [0.2, 0.25) is 0 Å². The molecule has 0 unspecified atom stereocenters. The van der Waals surface area contributed by atoms with Crippen LogP contribution >= 0.6 is 11.6 Å². The maximum Gasteiger partial charge on any atom is 0.122 e. The normalized spacial score (nSPS) is 15.8. The minimum Gasteiger partial charge on any atom is -0.379 e. The van der Waals surface area contributed by atoms with E-state index in [1.165, 1.54) is 7.11 Å². The fourth-order valence-electron chi connectivity index (χ4n) is 0.603. The molecule has 0 bridgehead atoms. The molecule has 0 aromatic carbocycles. The van der Waals surface area contributed by atoms with Crippen LogP contribution < -0.4 is 0 Å². The van der Waals surface area contributed by atoms with Crippen LogP contribution in [-0.2, 0) is 9.53 Å². The van der Waals surface area contributed by atoms with Crippen LogP contribution in [0.5, 0.6) is 0 Å². The van der Waals surface area contributed by atoms with Crippen LogP contribution in [0.15, 0.2) is 12.7 Å². The Kier molecular flexibility index (Phi) is 5.26. The third-order valence-corrected chi connectivity index (χ3v) is 1.67. The van der Waals surface area contributed by atoms with Crippen LogP contribution in [0.4, 0.5) is 0 Å². The average molecular weight is 163 g/mol. The maximum absolute atomic E-state index is 10.0. The number of halogens is 1. The van der Waals surface area contributed by atoms with Crippen LogP contribution in [0.2, 0.25) is 0 Å². The molecule has 0 saturated carbocycles. The van der Waals surface area contributed by atoms with Gasteiger partial charge in [-0.2, -0.15) is 0 Å². The summed E-state index contributed by atoms with van der Waals surface area (Å²) < 4.78 is 4.91. The summed E-state index contributed by atoms with van der Waals surface area (Å²) in [7, 11) is 1.52. The summed E-state index contributed by atoms with van der Waals surface area (Å²) in [6.07, 6.45) is 2.42. The van der Waals surface area contributed by atoms with Gasteiger partial charge in [-0.3, -0.25) is 0 Å². The van der Waals surface area contributed by atoms with Gasteiger partial charge in [-0.25, -0.2) is 0 Å². The number of ether oxygens (including phenoxy) is 1. The Labute approximate surface area is 65.8 Å². The van der Waals surface area contributed by atoms with Crippen molar-refractivity contribution in [1.29, 1.82) is 0 Å². The Hall–Kier alpha value is -0.340. The number of aldehydes is 1. The van der Waals surface area contributed by atoms with E-state index in [1.807, 2.05) is 0 Å². The number of carbonyl (C=O) groups excluding carboxylic acids is 1. The lowest BCUT2D eigenvalue weighted by atomic mass is 10.2. The van der Waals surface area contributed by atoms with E-state index in [1.54, 1.807) is 6.08 Å². The van der Waals surface area contributed by atoms with Crippen molar-refractivity contribution in [3.63, 3.8) is 0 Å². The molecule has 0 rings (SSSR count). The predicted octanol–water partition coefficient (Wildman–Crippen LogP) is 1.38. The molecule has 0 aliphatic rings. The Morgan fingerprint density at radius 1 is 1.80 bits per heavy atom. The van der Waals surface area contributed by atoms with Gasteiger partial charge in [0.15, 0.2) is 0 Å². The average Bonchev–Trinajstić information content (AvgIpc) is 1.99. The number of carbonyl (C=O) groups is 1. The Morgan fingerprint density at radius 2 is 2.40 bits per heavy atom. The van der Waals surface area contributed by atoms with Gasteiger partial charge in [0, 0.05) is 13.5 Å². The second-order valence-electron chi connectivity index (χ2n) is 1.86. The van der Waals surface area contributed by atoms with Crippen LogP contribution in [0.25, 0.3) is 0 Å². The SMILES string of the molecule is C=C[C@@H](Cl)[C@@H](CC=O)OC. The highest BCUT2D eigenvalue weighted by Crippen LogP contribution is 2.09. The van der Waals surface area contributed by atoms with Crippen molar-refractivity contribution in [2.45, 2.75) is 17.9 Å². The van der Waals surface area contributed by atoms with Gasteiger partial charge in [0.25, 0.3) is 0 Å². The monoisotopic (exact) mass is 162 g/mol. The number of hydrogen-bond donors (Lipinski definition) is 0. The third-order valence-electron chi connectivity index (χ3n) is 1.21.